The second kappa shape index (κ2) is 7.23. The number of carbonyl (C=O) groups is 2. The normalized spacial score (nSPS) is 16.9. The Morgan fingerprint density at radius 2 is 2.09 bits per heavy atom. The molecule has 1 saturated heterocycles. The zero-order valence-corrected chi connectivity index (χ0v) is 13.1. The van der Waals surface area contributed by atoms with Crippen molar-refractivity contribution in [1.29, 1.82) is 0 Å². The predicted octanol–water partition coefficient (Wildman–Crippen LogP) is 1.29. The molecule has 3 rings (SSSR count). The molecule has 8 heteroatoms. The van der Waals surface area contributed by atoms with Crippen LogP contribution in [-0.2, 0) is 11.3 Å². The first kappa shape index (κ1) is 17.0. The maximum atomic E-state index is 12.7. The lowest BCUT2D eigenvalue weighted by molar-refractivity contribution is -0.141. The highest BCUT2D eigenvalue weighted by Crippen LogP contribution is 2.21. The number of hydrogen-bond acceptors (Lipinski definition) is 4. The van der Waals surface area contributed by atoms with Gasteiger partial charge < -0.3 is 10.0 Å². The van der Waals surface area contributed by atoms with E-state index < -0.39 is 11.9 Å². The summed E-state index contributed by atoms with van der Waals surface area (Å²) in [6.45, 7) is 1.21. The zero-order chi connectivity index (χ0) is 15.5. The van der Waals surface area contributed by atoms with Gasteiger partial charge in [-0.05, 0) is 18.1 Å². The number of aromatic nitrogens is 3. The van der Waals surface area contributed by atoms with Gasteiger partial charge in [-0.2, -0.15) is 5.10 Å². The number of aliphatic carboxylic acids is 1. The van der Waals surface area contributed by atoms with Gasteiger partial charge >= 0.3 is 5.97 Å². The largest absolute Gasteiger partial charge is 0.481 e. The summed E-state index contributed by atoms with van der Waals surface area (Å²) in [6, 6.07) is 7.32. The predicted molar refractivity (Wildman–Crippen MR) is 84.5 cm³/mol. The molecular weight excluding hydrogens is 320 g/mol. The van der Waals surface area contributed by atoms with Gasteiger partial charge in [0.05, 0.1) is 12.5 Å². The van der Waals surface area contributed by atoms with Crippen LogP contribution < -0.4 is 0 Å². The Hall–Kier alpha value is -2.41. The van der Waals surface area contributed by atoms with E-state index >= 15 is 0 Å². The van der Waals surface area contributed by atoms with Gasteiger partial charge in [0.15, 0.2) is 0 Å². The Kier molecular flexibility index (Phi) is 5.33. The fourth-order valence-corrected chi connectivity index (χ4v) is 2.67. The average molecular weight is 337 g/mol. The van der Waals surface area contributed by atoms with Gasteiger partial charge in [-0.1, -0.05) is 18.2 Å². The summed E-state index contributed by atoms with van der Waals surface area (Å²) in [5.41, 5.74) is 1.43. The molecule has 0 saturated carbocycles. The summed E-state index contributed by atoms with van der Waals surface area (Å²) in [4.78, 5) is 29.2. The fraction of sp³-hybridized carbons (Fsp3) is 0.333. The molecule has 1 N–H and O–H groups in total. The maximum Gasteiger partial charge on any atom is 0.308 e. The standard InChI is InChI=1S/C15H16N4O3.ClH/c20-14(18-6-5-12(7-18)15(21)22)13-4-2-1-3-11(13)8-19-10-16-9-17-19;/h1-4,9-10,12H,5-8H2,(H,21,22);1H. The Balaban J connectivity index is 0.00000192. The molecule has 1 aliphatic rings. The van der Waals surface area contributed by atoms with Gasteiger partial charge in [0.2, 0.25) is 0 Å². The van der Waals surface area contributed by atoms with Gasteiger partial charge in [-0.15, -0.1) is 12.4 Å². The van der Waals surface area contributed by atoms with Crippen molar-refractivity contribution in [2.75, 3.05) is 13.1 Å². The Morgan fingerprint density at radius 1 is 1.30 bits per heavy atom. The third kappa shape index (κ3) is 3.68. The van der Waals surface area contributed by atoms with Crippen LogP contribution in [0.3, 0.4) is 0 Å². The third-order valence-electron chi connectivity index (χ3n) is 3.87. The lowest BCUT2D eigenvalue weighted by Crippen LogP contribution is -2.30. The number of rotatable bonds is 4. The summed E-state index contributed by atoms with van der Waals surface area (Å²) >= 11 is 0. The smallest absolute Gasteiger partial charge is 0.308 e. The Labute approximate surface area is 139 Å². The molecule has 1 aromatic carbocycles. The minimum atomic E-state index is -0.841. The molecule has 0 spiro atoms. The SMILES string of the molecule is Cl.O=C(O)C1CCN(C(=O)c2ccccc2Cn2cncn2)C1. The van der Waals surface area contributed by atoms with Crippen molar-refractivity contribution in [3.05, 3.63) is 48.0 Å². The Morgan fingerprint density at radius 3 is 2.74 bits per heavy atom. The highest BCUT2D eigenvalue weighted by molar-refractivity contribution is 5.96. The molecular formula is C15H17ClN4O3. The van der Waals surface area contributed by atoms with Crippen molar-refractivity contribution in [2.45, 2.75) is 13.0 Å². The molecule has 1 aliphatic heterocycles. The summed E-state index contributed by atoms with van der Waals surface area (Å²) in [6.07, 6.45) is 3.55. The molecule has 0 radical (unpaired) electrons. The summed E-state index contributed by atoms with van der Waals surface area (Å²) < 4.78 is 1.65. The van der Waals surface area contributed by atoms with E-state index in [2.05, 4.69) is 10.1 Å². The van der Waals surface area contributed by atoms with Gasteiger partial charge in [-0.25, -0.2) is 9.67 Å². The van der Waals surface area contributed by atoms with E-state index in [4.69, 9.17) is 5.11 Å². The first-order valence-electron chi connectivity index (χ1n) is 7.07. The number of nitrogens with zero attached hydrogens (tertiary/aromatic N) is 4. The van der Waals surface area contributed by atoms with Crippen molar-refractivity contribution in [2.24, 2.45) is 5.92 Å². The molecule has 2 heterocycles. The number of amides is 1. The molecule has 122 valence electrons. The van der Waals surface area contributed by atoms with Crippen LogP contribution in [0.4, 0.5) is 0 Å². The van der Waals surface area contributed by atoms with Crippen LogP contribution in [0.5, 0.6) is 0 Å². The van der Waals surface area contributed by atoms with Crippen molar-refractivity contribution >= 4 is 24.3 Å². The first-order valence-corrected chi connectivity index (χ1v) is 7.07. The molecule has 1 atom stereocenters. The van der Waals surface area contributed by atoms with E-state index in [1.165, 1.54) is 6.33 Å². The second-order valence-corrected chi connectivity index (χ2v) is 5.33. The molecule has 1 unspecified atom stereocenters. The van der Waals surface area contributed by atoms with Crippen LogP contribution in [0, 0.1) is 5.92 Å². The first-order chi connectivity index (χ1) is 10.6. The van der Waals surface area contributed by atoms with E-state index in [1.807, 2.05) is 18.2 Å². The molecule has 0 aliphatic carbocycles. The molecule has 7 nitrogen and oxygen atoms in total. The highest BCUT2D eigenvalue weighted by Gasteiger charge is 2.31. The number of halogens is 1. The number of carbonyl (C=O) groups excluding carboxylic acids is 1. The number of carboxylic acids is 1. The molecule has 1 amide bonds. The zero-order valence-electron chi connectivity index (χ0n) is 12.3. The topological polar surface area (TPSA) is 88.3 Å². The van der Waals surface area contributed by atoms with Gasteiger partial charge in [0.1, 0.15) is 12.7 Å². The molecule has 0 bridgehead atoms. The minimum Gasteiger partial charge on any atom is -0.481 e. The van der Waals surface area contributed by atoms with Crippen LogP contribution in [0.1, 0.15) is 22.3 Å². The lowest BCUT2D eigenvalue weighted by Gasteiger charge is -2.18. The molecule has 23 heavy (non-hydrogen) atoms. The molecule has 1 fully saturated rings. The number of carboxylic acid groups (broad SMARTS) is 1. The summed E-state index contributed by atoms with van der Waals surface area (Å²) in [5, 5.41) is 13.1. The van der Waals surface area contributed by atoms with E-state index in [9.17, 15) is 9.59 Å². The number of hydrogen-bond donors (Lipinski definition) is 1. The van der Waals surface area contributed by atoms with Gasteiger partial charge in [-0.3, -0.25) is 9.59 Å². The van der Waals surface area contributed by atoms with Crippen molar-refractivity contribution in [1.82, 2.24) is 19.7 Å². The van der Waals surface area contributed by atoms with Crippen LogP contribution in [-0.4, -0.2) is 49.7 Å². The Bertz CT molecular complexity index is 690. The van der Waals surface area contributed by atoms with Gasteiger partial charge in [0, 0.05) is 18.7 Å². The van der Waals surface area contributed by atoms with Crippen LogP contribution in [0.2, 0.25) is 0 Å². The van der Waals surface area contributed by atoms with Crippen molar-refractivity contribution in [3.8, 4) is 0 Å². The molecule has 2 aromatic rings. The monoisotopic (exact) mass is 336 g/mol. The maximum absolute atomic E-state index is 12.7. The van der Waals surface area contributed by atoms with E-state index in [0.717, 1.165) is 5.56 Å². The van der Waals surface area contributed by atoms with Crippen LogP contribution in [0.15, 0.2) is 36.9 Å². The molecule has 1 aromatic heterocycles. The van der Waals surface area contributed by atoms with Crippen molar-refractivity contribution < 1.29 is 14.7 Å². The number of likely N-dealkylation sites (tertiary alicyclic amines) is 1. The third-order valence-corrected chi connectivity index (χ3v) is 3.87. The van der Waals surface area contributed by atoms with E-state index in [1.54, 1.807) is 22.0 Å². The van der Waals surface area contributed by atoms with Crippen molar-refractivity contribution in [3.63, 3.8) is 0 Å². The van der Waals surface area contributed by atoms with Gasteiger partial charge in [0.25, 0.3) is 5.91 Å². The number of benzene rings is 1. The lowest BCUT2D eigenvalue weighted by atomic mass is 10.1. The van der Waals surface area contributed by atoms with E-state index in [0.29, 0.717) is 25.1 Å². The van der Waals surface area contributed by atoms with Crippen LogP contribution in [0.25, 0.3) is 0 Å². The summed E-state index contributed by atoms with van der Waals surface area (Å²) in [5.74, 6) is -1.43. The quantitative estimate of drug-likeness (QED) is 0.909. The highest BCUT2D eigenvalue weighted by atomic mass is 35.5. The average Bonchev–Trinajstić information content (AvgIpc) is 3.18. The summed E-state index contributed by atoms with van der Waals surface area (Å²) in [7, 11) is 0. The van der Waals surface area contributed by atoms with E-state index in [-0.39, 0.29) is 24.9 Å². The minimum absolute atomic E-state index is 0. The second-order valence-electron chi connectivity index (χ2n) is 5.33. The fourth-order valence-electron chi connectivity index (χ4n) is 2.67. The van der Waals surface area contributed by atoms with Crippen LogP contribution >= 0.6 is 12.4 Å².